The van der Waals surface area contributed by atoms with Crippen LogP contribution in [0, 0.1) is 0 Å². The van der Waals surface area contributed by atoms with Gasteiger partial charge in [0.2, 0.25) is 5.91 Å². The minimum atomic E-state index is -0.768. The number of hydrogen-bond donors (Lipinski definition) is 1. The highest BCUT2D eigenvalue weighted by atomic mass is 16.4. The molecule has 25 heavy (non-hydrogen) atoms. The molecule has 0 aromatic carbocycles. The number of hydrogen-bond acceptors (Lipinski definition) is 2. The molecule has 1 amide bonds. The Morgan fingerprint density at radius 3 is 2.12 bits per heavy atom. The highest BCUT2D eigenvalue weighted by molar-refractivity contribution is 5.96. The molecule has 0 bridgehead atoms. The number of unbranched alkanes of at least 4 members (excludes halogenated alkanes) is 8. The van der Waals surface area contributed by atoms with Crippen LogP contribution in [0.1, 0.15) is 77.6 Å². The van der Waals surface area contributed by atoms with Crippen LogP contribution >= 0.6 is 0 Å². The predicted molar refractivity (Wildman–Crippen MR) is 101 cm³/mol. The number of amides is 1. The number of aliphatic carboxylic acids is 1. The molecule has 1 heterocycles. The maximum atomic E-state index is 11.8. The van der Waals surface area contributed by atoms with E-state index in [0.717, 1.165) is 32.4 Å². The number of carboxylic acid groups (broad SMARTS) is 1. The van der Waals surface area contributed by atoms with Gasteiger partial charge in [0.25, 0.3) is 0 Å². The Labute approximate surface area is 154 Å². The highest BCUT2D eigenvalue weighted by Crippen LogP contribution is 2.26. The topological polar surface area (TPSA) is 57.4 Å². The van der Waals surface area contributed by atoms with Crippen LogP contribution in [0.15, 0.2) is 0 Å². The largest absolute Gasteiger partial charge is 0.477 e. The third-order valence-corrected chi connectivity index (χ3v) is 5.18. The molecule has 1 aliphatic rings. The fourth-order valence-electron chi connectivity index (χ4n) is 3.57. The van der Waals surface area contributed by atoms with Crippen LogP contribution in [-0.4, -0.2) is 66.1 Å². The predicted octanol–water partition coefficient (Wildman–Crippen LogP) is 3.67. The Morgan fingerprint density at radius 1 is 1.00 bits per heavy atom. The lowest BCUT2D eigenvalue weighted by Gasteiger charge is -2.27. The molecule has 1 fully saturated rings. The van der Waals surface area contributed by atoms with Crippen molar-refractivity contribution in [1.82, 2.24) is 4.90 Å². The van der Waals surface area contributed by atoms with Gasteiger partial charge in [-0.15, -0.1) is 0 Å². The van der Waals surface area contributed by atoms with Crippen LogP contribution in [0.3, 0.4) is 0 Å². The summed E-state index contributed by atoms with van der Waals surface area (Å²) in [6.45, 7) is 3.96. The first-order chi connectivity index (χ1) is 11.9. The molecule has 0 spiro atoms. The Balaban J connectivity index is 1.99. The van der Waals surface area contributed by atoms with E-state index < -0.39 is 5.97 Å². The summed E-state index contributed by atoms with van der Waals surface area (Å²) in [5.41, 5.74) is 0. The van der Waals surface area contributed by atoms with Crippen molar-refractivity contribution in [3.05, 3.63) is 0 Å². The molecule has 0 aromatic heterocycles. The molecule has 1 atom stereocenters. The van der Waals surface area contributed by atoms with Gasteiger partial charge < -0.3 is 14.5 Å². The first kappa shape index (κ1) is 21.9. The summed E-state index contributed by atoms with van der Waals surface area (Å²) in [4.78, 5) is 24.6. The second kappa shape index (κ2) is 11.5. The van der Waals surface area contributed by atoms with Gasteiger partial charge in [-0.1, -0.05) is 64.7 Å². The van der Waals surface area contributed by atoms with Gasteiger partial charge in [-0.3, -0.25) is 4.79 Å². The van der Waals surface area contributed by atoms with Crippen molar-refractivity contribution in [3.8, 4) is 0 Å². The Hall–Kier alpha value is -1.10. The summed E-state index contributed by atoms with van der Waals surface area (Å²) in [6.07, 6.45) is 13.7. The molecule has 5 heteroatoms. The van der Waals surface area contributed by atoms with Crippen LogP contribution in [0.5, 0.6) is 0 Å². The zero-order chi connectivity index (χ0) is 18.7. The molecule has 1 saturated heterocycles. The van der Waals surface area contributed by atoms with Gasteiger partial charge in [-0.25, -0.2) is 4.79 Å². The molecule has 146 valence electrons. The van der Waals surface area contributed by atoms with Crippen LogP contribution in [0.2, 0.25) is 0 Å². The number of likely N-dealkylation sites (N-methyl/N-ethyl adjacent to an activating group) is 1. The van der Waals surface area contributed by atoms with E-state index in [-0.39, 0.29) is 12.6 Å². The summed E-state index contributed by atoms with van der Waals surface area (Å²) in [6, 6.07) is 0.152. The average molecular weight is 356 g/mol. The number of rotatable bonds is 16. The SMILES string of the molecule is CCCCCCCCCCCC1C(=O)N1CCC[N+](C)(C)CC(=O)O. The Kier molecular flexibility index (Phi) is 10.1. The van der Waals surface area contributed by atoms with E-state index >= 15 is 0 Å². The maximum Gasteiger partial charge on any atom is 0.359 e. The van der Waals surface area contributed by atoms with Crippen LogP contribution in [-0.2, 0) is 9.59 Å². The van der Waals surface area contributed by atoms with Crippen LogP contribution in [0.4, 0.5) is 0 Å². The lowest BCUT2D eigenvalue weighted by molar-refractivity contribution is -0.883. The molecule has 5 nitrogen and oxygen atoms in total. The smallest absolute Gasteiger partial charge is 0.359 e. The summed E-state index contributed by atoms with van der Waals surface area (Å²) in [7, 11) is 3.86. The monoisotopic (exact) mass is 355 g/mol. The van der Waals surface area contributed by atoms with E-state index in [1.54, 1.807) is 0 Å². The van der Waals surface area contributed by atoms with E-state index in [1.165, 1.54) is 51.4 Å². The minimum Gasteiger partial charge on any atom is -0.477 e. The number of carboxylic acids is 1. The maximum absolute atomic E-state index is 11.8. The molecule has 1 unspecified atom stereocenters. The Bertz CT molecular complexity index is 410. The highest BCUT2D eigenvalue weighted by Gasteiger charge is 2.44. The van der Waals surface area contributed by atoms with E-state index in [0.29, 0.717) is 10.4 Å². The first-order valence-corrected chi connectivity index (χ1v) is 10.2. The van der Waals surface area contributed by atoms with Crippen molar-refractivity contribution in [2.75, 3.05) is 33.7 Å². The Morgan fingerprint density at radius 2 is 1.56 bits per heavy atom. The fraction of sp³-hybridized carbons (Fsp3) is 0.900. The van der Waals surface area contributed by atoms with Crippen LogP contribution < -0.4 is 0 Å². The number of carbonyl (C=O) groups is 2. The van der Waals surface area contributed by atoms with Gasteiger partial charge in [0.1, 0.15) is 6.04 Å². The minimum absolute atomic E-state index is 0.135. The van der Waals surface area contributed by atoms with E-state index in [9.17, 15) is 9.59 Å². The second-order valence-electron chi connectivity index (χ2n) is 8.23. The van der Waals surface area contributed by atoms with Gasteiger partial charge in [0, 0.05) is 13.0 Å². The molecule has 0 radical (unpaired) electrons. The molecular formula is C20H39N2O3+. The molecule has 0 aliphatic carbocycles. The standard InChI is InChI=1S/C20H38N2O3/c1-4-5-6-7-8-9-10-11-12-14-18-20(25)21(18)15-13-16-22(2,3)17-19(23)24/h18H,4-17H2,1-3H3/p+1. The van der Waals surface area contributed by atoms with Crippen molar-refractivity contribution in [2.45, 2.75) is 83.6 Å². The van der Waals surface area contributed by atoms with Crippen LogP contribution in [0.25, 0.3) is 0 Å². The van der Waals surface area contributed by atoms with Gasteiger partial charge >= 0.3 is 5.97 Å². The van der Waals surface area contributed by atoms with Gasteiger partial charge in [-0.05, 0) is 6.42 Å². The summed E-state index contributed by atoms with van der Waals surface area (Å²) < 4.78 is 0.473. The molecule has 0 aromatic rings. The van der Waals surface area contributed by atoms with Crippen molar-refractivity contribution in [2.24, 2.45) is 0 Å². The summed E-state index contributed by atoms with van der Waals surface area (Å²) in [5.74, 6) is -0.473. The lowest BCUT2D eigenvalue weighted by Crippen LogP contribution is -2.45. The molecule has 0 saturated carbocycles. The number of nitrogens with zero attached hydrogens (tertiary/aromatic N) is 2. The summed E-state index contributed by atoms with van der Waals surface area (Å²) in [5, 5.41) is 8.89. The molecular weight excluding hydrogens is 316 g/mol. The second-order valence-corrected chi connectivity index (χ2v) is 8.23. The molecule has 1 N–H and O–H groups in total. The van der Waals surface area contributed by atoms with E-state index in [2.05, 4.69) is 6.92 Å². The normalized spacial score (nSPS) is 17.2. The van der Waals surface area contributed by atoms with Gasteiger partial charge in [0.05, 0.1) is 20.6 Å². The van der Waals surface area contributed by atoms with Crippen molar-refractivity contribution in [1.29, 1.82) is 0 Å². The van der Waals surface area contributed by atoms with E-state index in [1.807, 2.05) is 19.0 Å². The van der Waals surface area contributed by atoms with Gasteiger partial charge in [-0.2, -0.15) is 0 Å². The third kappa shape index (κ3) is 9.83. The zero-order valence-corrected chi connectivity index (χ0v) is 16.6. The van der Waals surface area contributed by atoms with Crippen molar-refractivity contribution in [3.63, 3.8) is 0 Å². The molecule has 1 aliphatic heterocycles. The number of carbonyl (C=O) groups excluding carboxylic acids is 1. The molecule has 1 rings (SSSR count). The van der Waals surface area contributed by atoms with Gasteiger partial charge in [0.15, 0.2) is 6.54 Å². The fourth-order valence-corrected chi connectivity index (χ4v) is 3.57. The average Bonchev–Trinajstić information content (AvgIpc) is 3.13. The lowest BCUT2D eigenvalue weighted by atomic mass is 10.1. The number of quaternary nitrogens is 1. The quantitative estimate of drug-likeness (QED) is 0.261. The summed E-state index contributed by atoms with van der Waals surface area (Å²) >= 11 is 0. The zero-order valence-electron chi connectivity index (χ0n) is 16.6. The van der Waals surface area contributed by atoms with Crippen molar-refractivity contribution < 1.29 is 19.2 Å². The third-order valence-electron chi connectivity index (χ3n) is 5.18. The van der Waals surface area contributed by atoms with Crippen molar-refractivity contribution >= 4 is 11.9 Å². The first-order valence-electron chi connectivity index (χ1n) is 10.2. The van der Waals surface area contributed by atoms with E-state index in [4.69, 9.17) is 5.11 Å².